The summed E-state index contributed by atoms with van der Waals surface area (Å²) in [5.74, 6) is -2.90. The van der Waals surface area contributed by atoms with Crippen LogP contribution in [0.1, 0.15) is 58.3 Å². The summed E-state index contributed by atoms with van der Waals surface area (Å²) in [4.78, 5) is 25.8. The fraction of sp³-hybridized carbons (Fsp3) is 0.364. The third-order valence-corrected chi connectivity index (χ3v) is 5.73. The van der Waals surface area contributed by atoms with E-state index in [1.165, 1.54) is 6.92 Å². The molecule has 0 saturated carbocycles. The largest absolute Gasteiger partial charge is 0.465 e. The Morgan fingerprint density at radius 1 is 0.857 bits per heavy atom. The summed E-state index contributed by atoms with van der Waals surface area (Å²) in [7, 11) is 0. The lowest BCUT2D eigenvalue weighted by atomic mass is 9.79. The van der Waals surface area contributed by atoms with Crippen LogP contribution in [0.4, 0.5) is 50.0 Å². The Bertz CT molecular complexity index is 1120. The number of amides is 1. The smallest absolute Gasteiger partial charge is 0.416 e. The second kappa shape index (κ2) is 8.76. The van der Waals surface area contributed by atoms with Crippen LogP contribution in [-0.4, -0.2) is 23.0 Å². The van der Waals surface area contributed by atoms with Gasteiger partial charge in [0.1, 0.15) is 0 Å². The number of anilines is 1. The standard InChI is InChI=1S/C22H16F9NO3/c1-2-14-9-16(15-8-11(20(23,24)25)3-4-17(15)32(14)19(34)35)18(33)10-5-12(21(26,27)28)7-13(6-10)22(29,30)31/h3-8,14,16H,2,9H2,1H3,(H,34,35)/t14-,16-/m1/s1. The fourth-order valence-electron chi connectivity index (χ4n) is 4.09. The molecular weight excluding hydrogens is 497 g/mol. The molecule has 0 unspecified atom stereocenters. The lowest BCUT2D eigenvalue weighted by molar-refractivity contribution is -0.143. The van der Waals surface area contributed by atoms with E-state index in [1.54, 1.807) is 0 Å². The lowest BCUT2D eigenvalue weighted by Gasteiger charge is -2.39. The molecule has 2 atom stereocenters. The SMILES string of the molecule is CC[C@@H]1C[C@@H](C(=O)c2cc(C(F)(F)F)cc(C(F)(F)F)c2)c2cc(C(F)(F)F)ccc2N1C(=O)O. The zero-order valence-electron chi connectivity index (χ0n) is 17.6. The maximum atomic E-state index is 13.3. The minimum Gasteiger partial charge on any atom is -0.465 e. The Morgan fingerprint density at radius 2 is 1.37 bits per heavy atom. The summed E-state index contributed by atoms with van der Waals surface area (Å²) in [5, 5.41) is 9.58. The molecule has 1 amide bonds. The second-order valence-electron chi connectivity index (χ2n) is 7.93. The molecule has 2 aromatic rings. The van der Waals surface area contributed by atoms with Crippen LogP contribution in [0, 0.1) is 0 Å². The van der Waals surface area contributed by atoms with Crippen LogP contribution in [-0.2, 0) is 18.5 Å². The van der Waals surface area contributed by atoms with E-state index in [-0.39, 0.29) is 30.3 Å². The van der Waals surface area contributed by atoms with Gasteiger partial charge in [-0.25, -0.2) is 4.79 Å². The Hall–Kier alpha value is -3.25. The topological polar surface area (TPSA) is 57.6 Å². The number of ketones is 1. The minimum absolute atomic E-state index is 0.0763. The monoisotopic (exact) mass is 513 g/mol. The van der Waals surface area contributed by atoms with Crippen molar-refractivity contribution < 1.29 is 54.2 Å². The van der Waals surface area contributed by atoms with E-state index >= 15 is 0 Å². The van der Waals surface area contributed by atoms with Crippen molar-refractivity contribution in [2.75, 3.05) is 4.90 Å². The molecule has 2 aromatic carbocycles. The molecule has 0 spiro atoms. The molecule has 1 N–H and O–H groups in total. The van der Waals surface area contributed by atoms with Crippen molar-refractivity contribution in [1.82, 2.24) is 0 Å². The molecule has 0 fully saturated rings. The van der Waals surface area contributed by atoms with Crippen LogP contribution in [0.3, 0.4) is 0 Å². The second-order valence-corrected chi connectivity index (χ2v) is 7.93. The summed E-state index contributed by atoms with van der Waals surface area (Å²) in [5.41, 5.74) is -6.52. The van der Waals surface area contributed by atoms with E-state index in [1.807, 2.05) is 0 Å². The first-order chi connectivity index (χ1) is 15.9. The number of rotatable bonds is 3. The first-order valence-corrected chi connectivity index (χ1v) is 10.0. The predicted octanol–water partition coefficient (Wildman–Crippen LogP) is 7.38. The van der Waals surface area contributed by atoms with E-state index in [4.69, 9.17) is 0 Å². The van der Waals surface area contributed by atoms with Crippen molar-refractivity contribution in [3.05, 3.63) is 64.2 Å². The van der Waals surface area contributed by atoms with Gasteiger partial charge in [0, 0.05) is 11.6 Å². The number of fused-ring (bicyclic) bond motifs is 1. The molecule has 0 aliphatic carbocycles. The number of nitrogens with zero attached hydrogens (tertiary/aromatic N) is 1. The number of alkyl halides is 9. The van der Waals surface area contributed by atoms with Gasteiger partial charge < -0.3 is 5.11 Å². The molecule has 0 radical (unpaired) electrons. The van der Waals surface area contributed by atoms with E-state index in [0.29, 0.717) is 12.1 Å². The molecule has 0 bridgehead atoms. The summed E-state index contributed by atoms with van der Waals surface area (Å²) < 4.78 is 119. The van der Waals surface area contributed by atoms with E-state index in [2.05, 4.69) is 0 Å². The maximum Gasteiger partial charge on any atom is 0.416 e. The van der Waals surface area contributed by atoms with E-state index < -0.39 is 76.6 Å². The van der Waals surface area contributed by atoms with Gasteiger partial charge in [-0.15, -0.1) is 0 Å². The van der Waals surface area contributed by atoms with E-state index in [0.717, 1.165) is 11.0 Å². The van der Waals surface area contributed by atoms with Crippen molar-refractivity contribution in [1.29, 1.82) is 0 Å². The highest BCUT2D eigenvalue weighted by atomic mass is 19.4. The van der Waals surface area contributed by atoms with Gasteiger partial charge >= 0.3 is 24.6 Å². The highest BCUT2D eigenvalue weighted by molar-refractivity contribution is 6.04. The van der Waals surface area contributed by atoms with Crippen LogP contribution in [0.5, 0.6) is 0 Å². The number of hydrogen-bond acceptors (Lipinski definition) is 2. The van der Waals surface area contributed by atoms with Crippen molar-refractivity contribution in [2.45, 2.75) is 50.3 Å². The molecule has 1 heterocycles. The Kier molecular flexibility index (Phi) is 6.59. The van der Waals surface area contributed by atoms with Crippen LogP contribution in [0.2, 0.25) is 0 Å². The number of carbonyl (C=O) groups excluding carboxylic acids is 1. The lowest BCUT2D eigenvalue weighted by Crippen LogP contribution is -2.45. The predicted molar refractivity (Wildman–Crippen MR) is 104 cm³/mol. The molecule has 35 heavy (non-hydrogen) atoms. The number of carbonyl (C=O) groups is 2. The highest BCUT2D eigenvalue weighted by Gasteiger charge is 2.43. The minimum atomic E-state index is -5.24. The molecule has 13 heteroatoms. The Balaban J connectivity index is 2.23. The van der Waals surface area contributed by atoms with Crippen LogP contribution in [0.15, 0.2) is 36.4 Å². The number of benzene rings is 2. The quantitative estimate of drug-likeness (QED) is 0.344. The van der Waals surface area contributed by atoms with Crippen molar-refractivity contribution in [3.8, 4) is 0 Å². The van der Waals surface area contributed by atoms with Gasteiger partial charge in [0.05, 0.1) is 28.3 Å². The first kappa shape index (κ1) is 26.4. The molecule has 190 valence electrons. The molecule has 4 nitrogen and oxygen atoms in total. The zero-order chi connectivity index (χ0) is 26.5. The van der Waals surface area contributed by atoms with Gasteiger partial charge in [-0.05, 0) is 54.8 Å². The van der Waals surface area contributed by atoms with Crippen molar-refractivity contribution >= 4 is 17.6 Å². The number of halogens is 9. The molecule has 1 aliphatic heterocycles. The summed E-state index contributed by atoms with van der Waals surface area (Å²) in [6, 6.07) is 1.18. The average molecular weight is 513 g/mol. The van der Waals surface area contributed by atoms with Gasteiger partial charge in [0.25, 0.3) is 0 Å². The van der Waals surface area contributed by atoms with Gasteiger partial charge in [0.2, 0.25) is 0 Å². The van der Waals surface area contributed by atoms with Gasteiger partial charge in [-0.2, -0.15) is 39.5 Å². The Morgan fingerprint density at radius 3 is 1.80 bits per heavy atom. The fourth-order valence-corrected chi connectivity index (χ4v) is 4.09. The summed E-state index contributed by atoms with van der Waals surface area (Å²) in [6.07, 6.45) is -17.3. The highest BCUT2D eigenvalue weighted by Crippen LogP contribution is 2.45. The van der Waals surface area contributed by atoms with E-state index in [9.17, 15) is 54.2 Å². The third-order valence-electron chi connectivity index (χ3n) is 5.73. The molecule has 1 aliphatic rings. The molecule has 3 rings (SSSR count). The van der Waals surface area contributed by atoms with Crippen LogP contribution in [0.25, 0.3) is 0 Å². The first-order valence-electron chi connectivity index (χ1n) is 10.0. The summed E-state index contributed by atoms with van der Waals surface area (Å²) in [6.45, 7) is 1.52. The molecular formula is C22H16F9NO3. The van der Waals surface area contributed by atoms with Gasteiger partial charge in [-0.1, -0.05) is 6.92 Å². The average Bonchev–Trinajstić information content (AvgIpc) is 2.74. The van der Waals surface area contributed by atoms with Crippen molar-refractivity contribution in [2.24, 2.45) is 0 Å². The number of hydrogen-bond donors (Lipinski definition) is 1. The van der Waals surface area contributed by atoms with Crippen LogP contribution < -0.4 is 4.90 Å². The number of carboxylic acid groups (broad SMARTS) is 1. The third kappa shape index (κ3) is 5.22. The van der Waals surface area contributed by atoms with Gasteiger partial charge in [-0.3, -0.25) is 9.69 Å². The van der Waals surface area contributed by atoms with Crippen LogP contribution >= 0.6 is 0 Å². The normalized spacial score (nSPS) is 18.9. The number of Topliss-reactive ketones (excluding diaryl/α,β-unsaturated/α-hetero) is 1. The molecule has 0 saturated heterocycles. The van der Waals surface area contributed by atoms with Crippen molar-refractivity contribution in [3.63, 3.8) is 0 Å². The summed E-state index contributed by atoms with van der Waals surface area (Å²) >= 11 is 0. The maximum absolute atomic E-state index is 13.3. The zero-order valence-corrected chi connectivity index (χ0v) is 17.6. The molecule has 0 aromatic heterocycles. The Labute approximate surface area is 191 Å². The van der Waals surface area contributed by atoms with Gasteiger partial charge in [0.15, 0.2) is 5.78 Å².